The Morgan fingerprint density at radius 1 is 1.21 bits per heavy atom. The molecule has 3 nitrogen and oxygen atoms in total. The third-order valence-corrected chi connectivity index (χ3v) is 4.17. The smallest absolute Gasteiger partial charge is 0.201 e. The molecule has 0 fully saturated rings. The monoisotopic (exact) mass is 287 g/mol. The van der Waals surface area contributed by atoms with E-state index >= 15 is 0 Å². The van der Waals surface area contributed by atoms with E-state index < -0.39 is 0 Å². The largest absolute Gasteiger partial charge is 0.315 e. The average Bonchev–Trinajstić information content (AvgIpc) is 3.02. The average molecular weight is 287 g/mol. The first kappa shape index (κ1) is 12.3. The summed E-state index contributed by atoms with van der Waals surface area (Å²) in [5, 5.41) is 6.56. The van der Waals surface area contributed by atoms with Crippen LogP contribution in [0.2, 0.25) is 0 Å². The van der Waals surface area contributed by atoms with E-state index in [1.807, 2.05) is 46.6 Å². The van der Waals surface area contributed by atoms with Gasteiger partial charge in [0.05, 0.1) is 17.2 Å². The van der Waals surface area contributed by atoms with Crippen molar-refractivity contribution in [3.05, 3.63) is 51.4 Å². The number of para-hydroxylation sites is 2. The van der Waals surface area contributed by atoms with Gasteiger partial charge in [0.15, 0.2) is 0 Å². The van der Waals surface area contributed by atoms with Crippen LogP contribution in [0.4, 0.5) is 0 Å². The second kappa shape index (κ2) is 5.11. The minimum Gasteiger partial charge on any atom is -0.315 e. The summed E-state index contributed by atoms with van der Waals surface area (Å²) in [4.78, 5) is 1.12. The number of imidazole rings is 1. The Labute approximate surface area is 120 Å². The number of nitrogens with zero attached hydrogens (tertiary/aromatic N) is 3. The van der Waals surface area contributed by atoms with Gasteiger partial charge in [-0.1, -0.05) is 18.2 Å². The van der Waals surface area contributed by atoms with Gasteiger partial charge in [-0.3, -0.25) is 0 Å². The van der Waals surface area contributed by atoms with E-state index in [0.29, 0.717) is 0 Å². The Balaban J connectivity index is 2.18. The molecule has 2 heterocycles. The van der Waals surface area contributed by atoms with Crippen molar-refractivity contribution in [1.82, 2.24) is 9.24 Å². The Hall–Kier alpha value is -1.72. The van der Waals surface area contributed by atoms with Crippen molar-refractivity contribution < 1.29 is 0 Å². The molecule has 0 radical (unpaired) electrons. The van der Waals surface area contributed by atoms with Crippen molar-refractivity contribution in [2.75, 3.05) is 0 Å². The van der Waals surface area contributed by atoms with E-state index in [1.165, 1.54) is 0 Å². The molecule has 5 heteroatoms. The maximum Gasteiger partial charge on any atom is 0.201 e. The number of hydrogen-bond donors (Lipinski definition) is 0. The lowest BCUT2D eigenvalue weighted by molar-refractivity contribution is 0.734. The Kier molecular flexibility index (Phi) is 3.31. The van der Waals surface area contributed by atoms with Crippen LogP contribution in [0, 0.1) is 4.77 Å². The van der Waals surface area contributed by atoms with Gasteiger partial charge in [-0.2, -0.15) is 5.10 Å². The summed E-state index contributed by atoms with van der Waals surface area (Å²) in [5.74, 6) is 0. The Morgan fingerprint density at radius 2 is 2.00 bits per heavy atom. The zero-order valence-electron chi connectivity index (χ0n) is 10.5. The summed E-state index contributed by atoms with van der Waals surface area (Å²) in [6.07, 6.45) is 1.85. The SMILES string of the molecule is CCn1c(=S)n(N=Cc2cccs2)c2ccccc21. The third kappa shape index (κ3) is 2.15. The predicted molar refractivity (Wildman–Crippen MR) is 83.7 cm³/mol. The summed E-state index contributed by atoms with van der Waals surface area (Å²) < 4.78 is 4.65. The molecule has 0 aliphatic rings. The maximum absolute atomic E-state index is 5.50. The summed E-state index contributed by atoms with van der Waals surface area (Å²) >= 11 is 7.16. The highest BCUT2D eigenvalue weighted by Crippen LogP contribution is 2.18. The second-order valence-corrected chi connectivity index (χ2v) is 5.43. The zero-order valence-corrected chi connectivity index (χ0v) is 12.1. The van der Waals surface area contributed by atoms with Crippen LogP contribution in [-0.2, 0) is 6.54 Å². The summed E-state index contributed by atoms with van der Waals surface area (Å²) in [5.41, 5.74) is 2.17. The predicted octanol–water partition coefficient (Wildman–Crippen LogP) is 4.14. The van der Waals surface area contributed by atoms with Crippen LogP contribution in [0.5, 0.6) is 0 Å². The summed E-state index contributed by atoms with van der Waals surface area (Å²) in [6, 6.07) is 12.2. The van der Waals surface area contributed by atoms with Crippen LogP contribution in [0.25, 0.3) is 11.0 Å². The molecular formula is C14H13N3S2. The van der Waals surface area contributed by atoms with Gasteiger partial charge in [0.1, 0.15) is 0 Å². The van der Waals surface area contributed by atoms with Gasteiger partial charge in [-0.05, 0) is 42.7 Å². The van der Waals surface area contributed by atoms with E-state index in [-0.39, 0.29) is 0 Å². The number of aromatic nitrogens is 2. The highest BCUT2D eigenvalue weighted by molar-refractivity contribution is 7.71. The molecule has 0 bridgehead atoms. The highest BCUT2D eigenvalue weighted by Gasteiger charge is 2.07. The van der Waals surface area contributed by atoms with Gasteiger partial charge >= 0.3 is 0 Å². The molecule has 0 unspecified atom stereocenters. The van der Waals surface area contributed by atoms with Crippen molar-refractivity contribution >= 4 is 40.8 Å². The highest BCUT2D eigenvalue weighted by atomic mass is 32.1. The van der Waals surface area contributed by atoms with Crippen molar-refractivity contribution in [3.63, 3.8) is 0 Å². The van der Waals surface area contributed by atoms with Gasteiger partial charge in [0, 0.05) is 11.4 Å². The van der Waals surface area contributed by atoms with Crippen LogP contribution in [0.15, 0.2) is 46.9 Å². The van der Waals surface area contributed by atoms with Gasteiger partial charge in [0.25, 0.3) is 0 Å². The zero-order chi connectivity index (χ0) is 13.2. The van der Waals surface area contributed by atoms with Crippen molar-refractivity contribution in [2.24, 2.45) is 5.10 Å². The Bertz CT molecular complexity index is 779. The molecule has 3 rings (SSSR count). The lowest BCUT2D eigenvalue weighted by Crippen LogP contribution is -1.95. The molecule has 0 saturated heterocycles. The van der Waals surface area contributed by atoms with Crippen molar-refractivity contribution in [2.45, 2.75) is 13.5 Å². The molecule has 0 atom stereocenters. The Morgan fingerprint density at radius 3 is 2.68 bits per heavy atom. The molecule has 0 saturated carbocycles. The number of thiophene rings is 1. The lowest BCUT2D eigenvalue weighted by atomic mass is 10.3. The third-order valence-electron chi connectivity index (χ3n) is 2.97. The fraction of sp³-hybridized carbons (Fsp3) is 0.143. The van der Waals surface area contributed by atoms with Gasteiger partial charge in [-0.15, -0.1) is 11.3 Å². The van der Waals surface area contributed by atoms with Gasteiger partial charge in [0.2, 0.25) is 4.77 Å². The summed E-state index contributed by atoms with van der Waals surface area (Å²) in [6.45, 7) is 2.94. The fourth-order valence-corrected chi connectivity index (χ4v) is 3.04. The molecule has 19 heavy (non-hydrogen) atoms. The van der Waals surface area contributed by atoms with Crippen LogP contribution >= 0.6 is 23.6 Å². The molecular weight excluding hydrogens is 274 g/mol. The number of fused-ring (bicyclic) bond motifs is 1. The standard InChI is InChI=1S/C14H13N3S2/c1-2-16-12-7-3-4-8-13(12)17(14(16)18)15-10-11-6-5-9-19-11/h3-10H,2H2,1H3. The van der Waals surface area contributed by atoms with Crippen LogP contribution < -0.4 is 0 Å². The van der Waals surface area contributed by atoms with Crippen molar-refractivity contribution in [3.8, 4) is 0 Å². The molecule has 0 spiro atoms. The van der Waals surface area contributed by atoms with Crippen molar-refractivity contribution in [1.29, 1.82) is 0 Å². The molecule has 3 aromatic rings. The minimum absolute atomic E-state index is 0.733. The number of hydrogen-bond acceptors (Lipinski definition) is 3. The molecule has 0 aliphatic carbocycles. The lowest BCUT2D eigenvalue weighted by Gasteiger charge is -1.96. The second-order valence-electron chi connectivity index (χ2n) is 4.09. The van der Waals surface area contributed by atoms with E-state index in [2.05, 4.69) is 22.7 Å². The molecule has 2 aromatic heterocycles. The number of aryl methyl sites for hydroxylation is 1. The van der Waals surface area contributed by atoms with E-state index in [9.17, 15) is 0 Å². The summed E-state index contributed by atoms with van der Waals surface area (Å²) in [7, 11) is 0. The molecule has 0 amide bonds. The van der Waals surface area contributed by atoms with E-state index in [4.69, 9.17) is 12.2 Å². The molecule has 0 aliphatic heterocycles. The topological polar surface area (TPSA) is 22.2 Å². The quantitative estimate of drug-likeness (QED) is 0.524. The number of benzene rings is 1. The van der Waals surface area contributed by atoms with Crippen LogP contribution in [-0.4, -0.2) is 15.5 Å². The molecule has 0 N–H and O–H groups in total. The molecule has 96 valence electrons. The number of rotatable bonds is 3. The van der Waals surface area contributed by atoms with Crippen LogP contribution in [0.1, 0.15) is 11.8 Å². The van der Waals surface area contributed by atoms with E-state index in [1.54, 1.807) is 11.3 Å². The maximum atomic E-state index is 5.50. The van der Waals surface area contributed by atoms with E-state index in [0.717, 1.165) is 27.2 Å². The van der Waals surface area contributed by atoms with Gasteiger partial charge in [-0.25, -0.2) is 4.68 Å². The first-order valence-corrected chi connectivity index (χ1v) is 7.38. The van der Waals surface area contributed by atoms with Crippen LogP contribution in [0.3, 0.4) is 0 Å². The normalized spacial score (nSPS) is 11.6. The van der Waals surface area contributed by atoms with Gasteiger partial charge < -0.3 is 4.57 Å². The first-order chi connectivity index (χ1) is 9.31. The fourth-order valence-electron chi connectivity index (χ4n) is 2.09. The molecule has 1 aromatic carbocycles. The first-order valence-electron chi connectivity index (χ1n) is 6.09. The minimum atomic E-state index is 0.733.